The van der Waals surface area contributed by atoms with E-state index in [2.05, 4.69) is 46.4 Å². The summed E-state index contributed by atoms with van der Waals surface area (Å²) in [5.74, 6) is 3.37. The van der Waals surface area contributed by atoms with Crippen molar-refractivity contribution in [2.75, 3.05) is 0 Å². The Labute approximate surface area is 174 Å². The summed E-state index contributed by atoms with van der Waals surface area (Å²) >= 11 is 0. The Morgan fingerprint density at radius 1 is 1.11 bits per heavy atom. The molecule has 3 fully saturated rings. The molecule has 0 aromatic rings. The van der Waals surface area contributed by atoms with Gasteiger partial charge in [0.2, 0.25) is 0 Å². The molecule has 0 saturated heterocycles. The van der Waals surface area contributed by atoms with Crippen LogP contribution < -0.4 is 0 Å². The molecule has 2 unspecified atom stereocenters. The Bertz CT molecular complexity index is 610. The summed E-state index contributed by atoms with van der Waals surface area (Å²) in [6.45, 7) is 14.1. The highest BCUT2D eigenvalue weighted by atomic mass is 16.3. The third-order valence-corrected chi connectivity index (χ3v) is 8.35. The molecule has 0 radical (unpaired) electrons. The molecule has 0 amide bonds. The molecule has 0 aromatic carbocycles. The minimum absolute atomic E-state index is 0.172. The third-order valence-electron chi connectivity index (χ3n) is 8.35. The number of hydrogen-bond donors (Lipinski definition) is 1. The zero-order chi connectivity index (χ0) is 20.3. The van der Waals surface area contributed by atoms with Gasteiger partial charge in [-0.15, -0.1) is 0 Å². The number of aliphatic hydroxyl groups excluding tert-OH is 1. The van der Waals surface area contributed by atoms with Gasteiger partial charge in [0.1, 0.15) is 0 Å². The Balaban J connectivity index is 1.70. The van der Waals surface area contributed by atoms with Crippen molar-refractivity contribution in [3.8, 4) is 0 Å². The largest absolute Gasteiger partial charge is 0.393 e. The smallest absolute Gasteiger partial charge is 0.0583 e. The summed E-state index contributed by atoms with van der Waals surface area (Å²) < 4.78 is 0. The van der Waals surface area contributed by atoms with Crippen molar-refractivity contribution in [2.45, 2.75) is 104 Å². The highest BCUT2D eigenvalue weighted by molar-refractivity contribution is 5.36. The average Bonchev–Trinajstić information content (AvgIpc) is 2.99. The lowest BCUT2D eigenvalue weighted by Gasteiger charge is -2.44. The monoisotopic (exact) mass is 384 g/mol. The van der Waals surface area contributed by atoms with Gasteiger partial charge in [-0.3, -0.25) is 0 Å². The standard InChI is InChI=1S/C27H44O/c1-19(2)8-6-9-21(4)25-15-16-26-22(10-7-17-27(25,26)5)12-13-23-18-24(28)14-11-20(23)3/h12-13,19,21,24-26,28H,3,6-11,14-18H2,1-2,4-5H3/b22-12-,23-13+/t21-,24+,25?,26?,27-/m1/s1. The van der Waals surface area contributed by atoms with Crippen LogP contribution in [-0.2, 0) is 0 Å². The average molecular weight is 385 g/mol. The number of aliphatic hydroxyl groups is 1. The van der Waals surface area contributed by atoms with Crippen LogP contribution in [-0.4, -0.2) is 11.2 Å². The van der Waals surface area contributed by atoms with Crippen LogP contribution >= 0.6 is 0 Å². The maximum absolute atomic E-state index is 10.0. The lowest BCUT2D eigenvalue weighted by Crippen LogP contribution is -2.36. The zero-order valence-corrected chi connectivity index (χ0v) is 19.0. The quantitative estimate of drug-likeness (QED) is 0.499. The first kappa shape index (κ1) is 21.9. The fraction of sp³-hybridized carbons (Fsp3) is 0.778. The van der Waals surface area contributed by atoms with E-state index in [0.717, 1.165) is 42.9 Å². The van der Waals surface area contributed by atoms with Gasteiger partial charge in [-0.05, 0) is 86.0 Å². The summed E-state index contributed by atoms with van der Waals surface area (Å²) in [7, 11) is 0. The van der Waals surface area contributed by atoms with Crippen LogP contribution in [0.4, 0.5) is 0 Å². The van der Waals surface area contributed by atoms with E-state index in [9.17, 15) is 5.11 Å². The topological polar surface area (TPSA) is 20.2 Å². The highest BCUT2D eigenvalue weighted by Gasteiger charge is 2.50. The second kappa shape index (κ2) is 9.33. The number of rotatable bonds is 6. The maximum atomic E-state index is 10.0. The van der Waals surface area contributed by atoms with Crippen LogP contribution in [0.1, 0.15) is 98.3 Å². The maximum Gasteiger partial charge on any atom is 0.0583 e. The molecule has 3 aliphatic rings. The summed E-state index contributed by atoms with van der Waals surface area (Å²) in [5.41, 5.74) is 4.72. The first-order chi connectivity index (χ1) is 13.3. The first-order valence-corrected chi connectivity index (χ1v) is 12.1. The van der Waals surface area contributed by atoms with Gasteiger partial charge in [-0.1, -0.05) is 76.8 Å². The van der Waals surface area contributed by atoms with E-state index >= 15 is 0 Å². The summed E-state index contributed by atoms with van der Waals surface area (Å²) in [6.07, 6.45) is 18.2. The number of hydrogen-bond acceptors (Lipinski definition) is 1. The van der Waals surface area contributed by atoms with Crippen LogP contribution in [0, 0.1) is 29.1 Å². The van der Waals surface area contributed by atoms with E-state index in [1.165, 1.54) is 62.5 Å². The Morgan fingerprint density at radius 3 is 2.64 bits per heavy atom. The molecular formula is C27H44O. The van der Waals surface area contributed by atoms with Gasteiger partial charge in [-0.25, -0.2) is 0 Å². The Hall–Kier alpha value is -0.820. The second-order valence-corrected chi connectivity index (χ2v) is 10.8. The van der Waals surface area contributed by atoms with Crippen molar-refractivity contribution >= 4 is 0 Å². The molecule has 5 atom stereocenters. The molecule has 0 heterocycles. The minimum Gasteiger partial charge on any atom is -0.393 e. The molecule has 0 aliphatic heterocycles. The normalized spacial score (nSPS) is 37.6. The number of allylic oxidation sites excluding steroid dienone is 4. The van der Waals surface area contributed by atoms with Crippen LogP contribution in [0.25, 0.3) is 0 Å². The van der Waals surface area contributed by atoms with Crippen molar-refractivity contribution in [1.82, 2.24) is 0 Å². The SMILES string of the molecule is C=C1CC[C@H](O)C/C1=C\C=C1\CCC[C@@]2(C)C1CCC2[C@H](C)CCCC(C)C. The molecule has 0 spiro atoms. The molecule has 1 nitrogen and oxygen atoms in total. The van der Waals surface area contributed by atoms with Crippen molar-refractivity contribution in [2.24, 2.45) is 29.1 Å². The second-order valence-electron chi connectivity index (χ2n) is 10.8. The summed E-state index contributed by atoms with van der Waals surface area (Å²) in [5, 5.41) is 10.0. The van der Waals surface area contributed by atoms with E-state index in [4.69, 9.17) is 0 Å². The number of fused-ring (bicyclic) bond motifs is 1. The van der Waals surface area contributed by atoms with Gasteiger partial charge in [-0.2, -0.15) is 0 Å². The Morgan fingerprint density at radius 2 is 1.89 bits per heavy atom. The van der Waals surface area contributed by atoms with Gasteiger partial charge in [0.25, 0.3) is 0 Å². The summed E-state index contributed by atoms with van der Waals surface area (Å²) in [4.78, 5) is 0. The third kappa shape index (κ3) is 4.84. The first-order valence-electron chi connectivity index (χ1n) is 12.1. The fourth-order valence-corrected chi connectivity index (χ4v) is 6.66. The molecular weight excluding hydrogens is 340 g/mol. The van der Waals surface area contributed by atoms with Crippen LogP contribution in [0.5, 0.6) is 0 Å². The van der Waals surface area contributed by atoms with E-state index in [1.54, 1.807) is 5.57 Å². The minimum atomic E-state index is -0.172. The lowest BCUT2D eigenvalue weighted by atomic mass is 9.60. The van der Waals surface area contributed by atoms with Gasteiger partial charge < -0.3 is 5.11 Å². The van der Waals surface area contributed by atoms with E-state index in [1.807, 2.05) is 0 Å². The predicted molar refractivity (Wildman–Crippen MR) is 121 cm³/mol. The van der Waals surface area contributed by atoms with Crippen molar-refractivity contribution in [1.29, 1.82) is 0 Å². The van der Waals surface area contributed by atoms with Crippen molar-refractivity contribution in [3.63, 3.8) is 0 Å². The molecule has 1 N–H and O–H groups in total. The zero-order valence-electron chi connectivity index (χ0n) is 19.0. The molecule has 28 heavy (non-hydrogen) atoms. The Kier molecular flexibility index (Phi) is 7.29. The van der Waals surface area contributed by atoms with Gasteiger partial charge in [0.15, 0.2) is 0 Å². The molecule has 0 aromatic heterocycles. The fourth-order valence-electron chi connectivity index (χ4n) is 6.66. The van der Waals surface area contributed by atoms with Crippen LogP contribution in [0.2, 0.25) is 0 Å². The molecule has 1 heteroatoms. The van der Waals surface area contributed by atoms with Crippen LogP contribution in [0.3, 0.4) is 0 Å². The molecule has 158 valence electrons. The predicted octanol–water partition coefficient (Wildman–Crippen LogP) is 7.62. The summed E-state index contributed by atoms with van der Waals surface area (Å²) in [6, 6.07) is 0. The van der Waals surface area contributed by atoms with Crippen molar-refractivity contribution in [3.05, 3.63) is 35.5 Å². The van der Waals surface area contributed by atoms with Gasteiger partial charge >= 0.3 is 0 Å². The highest BCUT2D eigenvalue weighted by Crippen LogP contribution is 2.59. The van der Waals surface area contributed by atoms with Gasteiger partial charge in [0.05, 0.1) is 6.10 Å². The molecule has 3 saturated carbocycles. The lowest BCUT2D eigenvalue weighted by molar-refractivity contribution is 0.0929. The van der Waals surface area contributed by atoms with E-state index in [-0.39, 0.29) is 6.10 Å². The van der Waals surface area contributed by atoms with E-state index in [0.29, 0.717) is 5.41 Å². The van der Waals surface area contributed by atoms with Crippen molar-refractivity contribution < 1.29 is 5.11 Å². The van der Waals surface area contributed by atoms with E-state index < -0.39 is 0 Å². The van der Waals surface area contributed by atoms with Gasteiger partial charge in [0, 0.05) is 0 Å². The molecule has 3 aliphatic carbocycles. The molecule has 3 rings (SSSR count). The molecule has 0 bridgehead atoms. The van der Waals surface area contributed by atoms with Crippen LogP contribution in [0.15, 0.2) is 35.5 Å².